The number of benzene rings is 1. The van der Waals surface area contributed by atoms with Crippen LogP contribution in [0.15, 0.2) is 28.9 Å². The van der Waals surface area contributed by atoms with Crippen molar-refractivity contribution in [1.29, 1.82) is 0 Å². The zero-order valence-corrected chi connectivity index (χ0v) is 9.15. The number of hydrogen-bond acceptors (Lipinski definition) is 3. The Hall–Kier alpha value is -1.81. The third-order valence-corrected chi connectivity index (χ3v) is 2.38. The molecule has 1 N–H and O–H groups in total. The van der Waals surface area contributed by atoms with Crippen LogP contribution in [0.5, 0.6) is 0 Å². The smallest absolute Gasteiger partial charge is 0.337 e. The highest BCUT2D eigenvalue weighted by atomic mass is 35.5. The summed E-state index contributed by atoms with van der Waals surface area (Å²) in [5, 5.41) is 8.98. The number of aryl methyl sites for hydroxylation is 1. The first-order chi connectivity index (χ1) is 7.58. The van der Waals surface area contributed by atoms with Crippen molar-refractivity contribution in [3.05, 3.63) is 40.7 Å². The van der Waals surface area contributed by atoms with Crippen molar-refractivity contribution >= 4 is 17.6 Å². The molecule has 0 saturated carbocycles. The van der Waals surface area contributed by atoms with E-state index in [2.05, 4.69) is 4.98 Å². The summed E-state index contributed by atoms with van der Waals surface area (Å²) in [7, 11) is 0. The average Bonchev–Trinajstić information content (AvgIpc) is 2.64. The van der Waals surface area contributed by atoms with Crippen LogP contribution in [0.3, 0.4) is 0 Å². The molecule has 0 aliphatic carbocycles. The number of rotatable bonds is 2. The minimum Gasteiger partial charge on any atom is -0.478 e. The first-order valence-corrected chi connectivity index (χ1v) is 4.91. The van der Waals surface area contributed by atoms with E-state index in [0.717, 1.165) is 5.69 Å². The van der Waals surface area contributed by atoms with Crippen molar-refractivity contribution in [3.63, 3.8) is 0 Å². The molecule has 0 saturated heterocycles. The minimum absolute atomic E-state index is 0.0636. The standard InChI is InChI=1S/C11H8ClNO3/c1-6-5-16-10(13-6)7-2-3-8(11(14)15)9(12)4-7/h2-5H,1H3,(H,14,15). The normalized spacial score (nSPS) is 10.4. The van der Waals surface area contributed by atoms with Crippen LogP contribution in [-0.4, -0.2) is 16.1 Å². The molecule has 0 spiro atoms. The lowest BCUT2D eigenvalue weighted by Gasteiger charge is -2.00. The zero-order chi connectivity index (χ0) is 11.7. The van der Waals surface area contributed by atoms with E-state index in [4.69, 9.17) is 21.1 Å². The SMILES string of the molecule is Cc1coc(-c2ccc(C(=O)O)c(Cl)c2)n1. The molecule has 16 heavy (non-hydrogen) atoms. The maximum absolute atomic E-state index is 10.8. The topological polar surface area (TPSA) is 63.3 Å². The second-order valence-electron chi connectivity index (χ2n) is 3.29. The third-order valence-electron chi connectivity index (χ3n) is 2.07. The Labute approximate surface area is 96.5 Å². The Morgan fingerprint density at radius 3 is 2.75 bits per heavy atom. The van der Waals surface area contributed by atoms with E-state index in [1.807, 2.05) is 0 Å². The van der Waals surface area contributed by atoms with Crippen LogP contribution in [0.25, 0.3) is 11.5 Å². The number of carboxylic acids is 1. The summed E-state index contributed by atoms with van der Waals surface area (Å²) in [4.78, 5) is 14.9. The predicted octanol–water partition coefficient (Wildman–Crippen LogP) is 3.00. The molecule has 5 heteroatoms. The van der Waals surface area contributed by atoms with E-state index in [-0.39, 0.29) is 10.6 Å². The van der Waals surface area contributed by atoms with Crippen LogP contribution >= 0.6 is 11.6 Å². The number of nitrogens with zero attached hydrogens (tertiary/aromatic N) is 1. The molecule has 0 aliphatic rings. The van der Waals surface area contributed by atoms with Crippen LogP contribution in [-0.2, 0) is 0 Å². The predicted molar refractivity (Wildman–Crippen MR) is 58.6 cm³/mol. The number of aromatic nitrogens is 1. The first-order valence-electron chi connectivity index (χ1n) is 4.53. The molecule has 4 nitrogen and oxygen atoms in total. The number of oxazole rings is 1. The monoisotopic (exact) mass is 237 g/mol. The molecule has 2 rings (SSSR count). The fraction of sp³-hybridized carbons (Fsp3) is 0.0909. The molecule has 1 aromatic carbocycles. The third kappa shape index (κ3) is 1.92. The van der Waals surface area contributed by atoms with Crippen molar-refractivity contribution in [3.8, 4) is 11.5 Å². The van der Waals surface area contributed by atoms with Crippen LogP contribution < -0.4 is 0 Å². The molecule has 0 unspecified atom stereocenters. The van der Waals surface area contributed by atoms with E-state index >= 15 is 0 Å². The zero-order valence-electron chi connectivity index (χ0n) is 8.40. The summed E-state index contributed by atoms with van der Waals surface area (Å²) < 4.78 is 5.19. The number of hydrogen-bond donors (Lipinski definition) is 1. The van der Waals surface area contributed by atoms with Gasteiger partial charge in [-0.25, -0.2) is 9.78 Å². The van der Waals surface area contributed by atoms with Gasteiger partial charge >= 0.3 is 5.97 Å². The summed E-state index contributed by atoms with van der Waals surface area (Å²) in [6.07, 6.45) is 1.52. The van der Waals surface area contributed by atoms with E-state index in [9.17, 15) is 4.79 Å². The summed E-state index contributed by atoms with van der Waals surface area (Å²) in [5.41, 5.74) is 1.48. The van der Waals surface area contributed by atoms with Crippen LogP contribution in [0, 0.1) is 6.92 Å². The van der Waals surface area contributed by atoms with E-state index in [1.54, 1.807) is 13.0 Å². The molecule has 0 aliphatic heterocycles. The Morgan fingerprint density at radius 2 is 2.25 bits per heavy atom. The van der Waals surface area contributed by atoms with Gasteiger partial charge < -0.3 is 9.52 Å². The van der Waals surface area contributed by atoms with Crippen molar-refractivity contribution in [2.75, 3.05) is 0 Å². The lowest BCUT2D eigenvalue weighted by Crippen LogP contribution is -1.97. The van der Waals surface area contributed by atoms with Gasteiger partial charge in [-0.2, -0.15) is 0 Å². The van der Waals surface area contributed by atoms with Gasteiger partial charge in [-0.3, -0.25) is 0 Å². The van der Waals surface area contributed by atoms with Gasteiger partial charge in [0.1, 0.15) is 6.26 Å². The second kappa shape index (κ2) is 3.98. The van der Waals surface area contributed by atoms with Crippen LogP contribution in [0.2, 0.25) is 5.02 Å². The Morgan fingerprint density at radius 1 is 1.50 bits per heavy atom. The highest BCUT2D eigenvalue weighted by molar-refractivity contribution is 6.33. The fourth-order valence-corrected chi connectivity index (χ4v) is 1.57. The van der Waals surface area contributed by atoms with Crippen molar-refractivity contribution in [2.45, 2.75) is 6.92 Å². The molecule has 0 radical (unpaired) electrons. The highest BCUT2D eigenvalue weighted by Crippen LogP contribution is 2.25. The van der Waals surface area contributed by atoms with Gasteiger partial charge in [0.15, 0.2) is 0 Å². The number of aromatic carboxylic acids is 1. The molecule has 1 aromatic heterocycles. The number of carboxylic acid groups (broad SMARTS) is 1. The quantitative estimate of drug-likeness (QED) is 0.872. The lowest BCUT2D eigenvalue weighted by atomic mass is 10.1. The molecular weight excluding hydrogens is 230 g/mol. The van der Waals surface area contributed by atoms with Crippen molar-refractivity contribution in [1.82, 2.24) is 4.98 Å². The van der Waals surface area contributed by atoms with Crippen LogP contribution in [0.1, 0.15) is 16.1 Å². The molecule has 0 amide bonds. The first kappa shape index (κ1) is 10.7. The summed E-state index contributed by atoms with van der Waals surface area (Å²) in [5.74, 6) is -0.628. The number of halogens is 1. The van der Waals surface area contributed by atoms with Crippen LogP contribution in [0.4, 0.5) is 0 Å². The van der Waals surface area contributed by atoms with Gasteiger partial charge in [-0.05, 0) is 25.1 Å². The van der Waals surface area contributed by atoms with E-state index in [1.165, 1.54) is 18.4 Å². The van der Waals surface area contributed by atoms with Crippen molar-refractivity contribution in [2.24, 2.45) is 0 Å². The van der Waals surface area contributed by atoms with Gasteiger partial charge in [0.2, 0.25) is 5.89 Å². The molecule has 2 aromatic rings. The molecule has 1 heterocycles. The van der Waals surface area contributed by atoms with E-state index in [0.29, 0.717) is 11.5 Å². The highest BCUT2D eigenvalue weighted by Gasteiger charge is 2.11. The summed E-state index contributed by atoms with van der Waals surface area (Å²) >= 11 is 5.83. The molecule has 0 fully saturated rings. The Balaban J connectivity index is 2.45. The average molecular weight is 238 g/mol. The second-order valence-corrected chi connectivity index (χ2v) is 3.70. The van der Waals surface area contributed by atoms with Gasteiger partial charge in [0.05, 0.1) is 16.3 Å². The van der Waals surface area contributed by atoms with Gasteiger partial charge in [0.25, 0.3) is 0 Å². The molecular formula is C11H8ClNO3. The van der Waals surface area contributed by atoms with Crippen molar-refractivity contribution < 1.29 is 14.3 Å². The minimum atomic E-state index is -1.06. The Kier molecular flexibility index (Phi) is 2.66. The lowest BCUT2D eigenvalue weighted by molar-refractivity contribution is 0.0697. The maximum Gasteiger partial charge on any atom is 0.337 e. The van der Waals surface area contributed by atoms with Gasteiger partial charge in [0, 0.05) is 5.56 Å². The fourth-order valence-electron chi connectivity index (χ4n) is 1.31. The molecule has 82 valence electrons. The maximum atomic E-state index is 10.8. The Bertz CT molecular complexity index is 548. The molecule has 0 bridgehead atoms. The van der Waals surface area contributed by atoms with Gasteiger partial charge in [-0.1, -0.05) is 11.6 Å². The summed E-state index contributed by atoms with van der Waals surface area (Å²) in [6.45, 7) is 1.81. The number of carbonyl (C=O) groups is 1. The van der Waals surface area contributed by atoms with Gasteiger partial charge in [-0.15, -0.1) is 0 Å². The largest absolute Gasteiger partial charge is 0.478 e. The van der Waals surface area contributed by atoms with E-state index < -0.39 is 5.97 Å². The summed E-state index contributed by atoms with van der Waals surface area (Å²) in [6, 6.07) is 4.57. The molecule has 0 atom stereocenters.